The highest BCUT2D eigenvalue weighted by Gasteiger charge is 2.33. The van der Waals surface area contributed by atoms with Crippen molar-refractivity contribution >= 4 is 17.2 Å². The molecular weight excluding hydrogens is 272 g/mol. The molecule has 2 rings (SSSR count). The topological polar surface area (TPSA) is 53.4 Å². The van der Waals surface area contributed by atoms with E-state index in [-0.39, 0.29) is 18.1 Å². The van der Waals surface area contributed by atoms with E-state index in [0.717, 1.165) is 41.3 Å². The summed E-state index contributed by atoms with van der Waals surface area (Å²) in [6, 6.07) is -0.0446. The van der Waals surface area contributed by atoms with Gasteiger partial charge < -0.3 is 10.0 Å². The molecule has 1 aromatic rings. The summed E-state index contributed by atoms with van der Waals surface area (Å²) in [4.78, 5) is 19.7. The number of aliphatic hydroxyl groups excluding tert-OH is 1. The van der Waals surface area contributed by atoms with Crippen LogP contribution in [-0.2, 0) is 6.42 Å². The molecule has 0 bridgehead atoms. The van der Waals surface area contributed by atoms with Crippen LogP contribution in [0.5, 0.6) is 0 Å². The van der Waals surface area contributed by atoms with Gasteiger partial charge in [0.15, 0.2) is 0 Å². The van der Waals surface area contributed by atoms with Crippen LogP contribution in [0.25, 0.3) is 0 Å². The highest BCUT2D eigenvalue weighted by atomic mass is 32.1. The maximum Gasteiger partial charge on any atom is 0.265 e. The highest BCUT2D eigenvalue weighted by molar-refractivity contribution is 7.13. The molecule has 0 aliphatic heterocycles. The largest absolute Gasteiger partial charge is 0.391 e. The summed E-state index contributed by atoms with van der Waals surface area (Å²) in [5, 5.41) is 10.9. The third-order valence-electron chi connectivity index (χ3n) is 3.86. The van der Waals surface area contributed by atoms with E-state index < -0.39 is 0 Å². The molecule has 20 heavy (non-hydrogen) atoms. The average molecular weight is 296 g/mol. The number of amides is 1. The quantitative estimate of drug-likeness (QED) is 0.929. The van der Waals surface area contributed by atoms with E-state index in [9.17, 15) is 9.90 Å². The second-order valence-corrected chi connectivity index (χ2v) is 7.29. The van der Waals surface area contributed by atoms with Gasteiger partial charge in [0, 0.05) is 7.05 Å². The number of aliphatic hydroxyl groups is 1. The molecule has 1 aromatic heterocycles. The Morgan fingerprint density at radius 1 is 1.50 bits per heavy atom. The van der Waals surface area contributed by atoms with E-state index in [1.807, 2.05) is 6.92 Å². The molecule has 0 radical (unpaired) electrons. The summed E-state index contributed by atoms with van der Waals surface area (Å²) in [7, 11) is 1.80. The Labute approximate surface area is 124 Å². The SMILES string of the molecule is Cc1nc(CC(C)C)c(C(=O)N(C)[C@@H]2CCC[C@H]2O)s1. The molecule has 0 unspecified atom stereocenters. The van der Waals surface area contributed by atoms with Gasteiger partial charge in [0.2, 0.25) is 0 Å². The summed E-state index contributed by atoms with van der Waals surface area (Å²) >= 11 is 1.47. The van der Waals surface area contributed by atoms with Crippen LogP contribution in [0.3, 0.4) is 0 Å². The van der Waals surface area contributed by atoms with Crippen molar-refractivity contribution in [2.45, 2.75) is 58.6 Å². The minimum atomic E-state index is -0.383. The number of hydrogen-bond donors (Lipinski definition) is 1. The molecule has 1 amide bonds. The van der Waals surface area contributed by atoms with Crippen molar-refractivity contribution < 1.29 is 9.90 Å². The van der Waals surface area contributed by atoms with Gasteiger partial charge in [0.05, 0.1) is 22.8 Å². The first-order valence-corrected chi connectivity index (χ1v) is 8.13. The zero-order valence-corrected chi connectivity index (χ0v) is 13.5. The predicted octanol–water partition coefficient (Wildman–Crippen LogP) is 2.64. The van der Waals surface area contributed by atoms with Crippen LogP contribution in [0.15, 0.2) is 0 Å². The number of thiazole rings is 1. The minimum absolute atomic E-state index is 0.0113. The average Bonchev–Trinajstić information content (AvgIpc) is 2.93. The molecule has 4 nitrogen and oxygen atoms in total. The van der Waals surface area contributed by atoms with Gasteiger partial charge in [-0.2, -0.15) is 0 Å². The number of carbonyl (C=O) groups is 1. The summed E-state index contributed by atoms with van der Waals surface area (Å²) in [5.41, 5.74) is 0.909. The van der Waals surface area contributed by atoms with Crippen molar-refractivity contribution in [3.05, 3.63) is 15.6 Å². The molecule has 1 saturated carbocycles. The molecular formula is C15H24N2O2S. The van der Waals surface area contributed by atoms with Crippen LogP contribution in [0.1, 0.15) is 53.5 Å². The van der Waals surface area contributed by atoms with Gasteiger partial charge in [0.25, 0.3) is 5.91 Å². The van der Waals surface area contributed by atoms with Crippen molar-refractivity contribution in [1.82, 2.24) is 9.88 Å². The lowest BCUT2D eigenvalue weighted by atomic mass is 10.1. The van der Waals surface area contributed by atoms with Gasteiger partial charge in [-0.25, -0.2) is 4.98 Å². The Morgan fingerprint density at radius 3 is 2.75 bits per heavy atom. The Morgan fingerprint density at radius 2 is 2.20 bits per heavy atom. The lowest BCUT2D eigenvalue weighted by Gasteiger charge is -2.27. The van der Waals surface area contributed by atoms with Gasteiger partial charge in [-0.05, 0) is 38.5 Å². The molecule has 0 saturated heterocycles. The van der Waals surface area contributed by atoms with Crippen molar-refractivity contribution in [3.63, 3.8) is 0 Å². The van der Waals surface area contributed by atoms with E-state index >= 15 is 0 Å². The smallest absolute Gasteiger partial charge is 0.265 e. The summed E-state index contributed by atoms with van der Waals surface area (Å²) in [6.45, 7) is 6.20. The Balaban J connectivity index is 2.19. The van der Waals surface area contributed by atoms with Gasteiger partial charge in [-0.3, -0.25) is 4.79 Å². The fourth-order valence-corrected chi connectivity index (χ4v) is 3.78. The van der Waals surface area contributed by atoms with Crippen LogP contribution in [0.4, 0.5) is 0 Å². The number of hydrogen-bond acceptors (Lipinski definition) is 4. The predicted molar refractivity (Wildman–Crippen MR) is 81.1 cm³/mol. The van der Waals surface area contributed by atoms with Crippen LogP contribution >= 0.6 is 11.3 Å². The van der Waals surface area contributed by atoms with Crippen molar-refractivity contribution in [3.8, 4) is 0 Å². The second kappa shape index (κ2) is 6.22. The third kappa shape index (κ3) is 3.20. The standard InChI is InChI=1S/C15H24N2O2S/c1-9(2)8-11-14(20-10(3)16-11)15(19)17(4)12-6-5-7-13(12)18/h9,12-13,18H,5-8H2,1-4H3/t12-,13-/m1/s1. The fourth-order valence-electron chi connectivity index (χ4n) is 2.85. The summed E-state index contributed by atoms with van der Waals surface area (Å²) in [5.74, 6) is 0.489. The van der Waals surface area contributed by atoms with E-state index in [0.29, 0.717) is 5.92 Å². The zero-order chi connectivity index (χ0) is 14.9. The number of rotatable bonds is 4. The Hall–Kier alpha value is -0.940. The van der Waals surface area contributed by atoms with E-state index in [1.165, 1.54) is 11.3 Å². The number of aryl methyl sites for hydroxylation is 1. The molecule has 1 fully saturated rings. The van der Waals surface area contributed by atoms with Crippen LogP contribution < -0.4 is 0 Å². The monoisotopic (exact) mass is 296 g/mol. The second-order valence-electron chi connectivity index (χ2n) is 6.09. The molecule has 0 spiro atoms. The third-order valence-corrected chi connectivity index (χ3v) is 4.86. The van der Waals surface area contributed by atoms with Crippen molar-refractivity contribution in [2.24, 2.45) is 5.92 Å². The Bertz CT molecular complexity index is 484. The summed E-state index contributed by atoms with van der Waals surface area (Å²) in [6.07, 6.45) is 3.12. The van der Waals surface area contributed by atoms with Crippen molar-refractivity contribution in [1.29, 1.82) is 0 Å². The van der Waals surface area contributed by atoms with Gasteiger partial charge >= 0.3 is 0 Å². The molecule has 1 heterocycles. The zero-order valence-electron chi connectivity index (χ0n) is 12.7. The maximum absolute atomic E-state index is 12.7. The number of nitrogens with zero attached hydrogens (tertiary/aromatic N) is 2. The molecule has 1 aliphatic carbocycles. The first kappa shape index (κ1) is 15.4. The summed E-state index contributed by atoms with van der Waals surface area (Å²) < 4.78 is 0. The fraction of sp³-hybridized carbons (Fsp3) is 0.733. The van der Waals surface area contributed by atoms with E-state index in [4.69, 9.17) is 0 Å². The molecule has 2 atom stereocenters. The number of aromatic nitrogens is 1. The first-order chi connectivity index (χ1) is 9.40. The Kier molecular flexibility index (Phi) is 4.81. The van der Waals surface area contributed by atoms with Crippen molar-refractivity contribution in [2.75, 3.05) is 7.05 Å². The van der Waals surface area contributed by atoms with Gasteiger partial charge in [-0.1, -0.05) is 13.8 Å². The lowest BCUT2D eigenvalue weighted by Crippen LogP contribution is -2.41. The normalized spacial score (nSPS) is 22.5. The lowest BCUT2D eigenvalue weighted by molar-refractivity contribution is 0.0541. The number of carbonyl (C=O) groups excluding carboxylic acids is 1. The molecule has 5 heteroatoms. The van der Waals surface area contributed by atoms with Gasteiger partial charge in [0.1, 0.15) is 4.88 Å². The first-order valence-electron chi connectivity index (χ1n) is 7.31. The highest BCUT2D eigenvalue weighted by Crippen LogP contribution is 2.27. The van der Waals surface area contributed by atoms with Crippen LogP contribution in [0, 0.1) is 12.8 Å². The minimum Gasteiger partial charge on any atom is -0.391 e. The van der Waals surface area contributed by atoms with E-state index in [1.54, 1.807) is 11.9 Å². The molecule has 112 valence electrons. The van der Waals surface area contributed by atoms with Crippen LogP contribution in [0.2, 0.25) is 0 Å². The molecule has 1 aliphatic rings. The maximum atomic E-state index is 12.7. The molecule has 0 aromatic carbocycles. The number of likely N-dealkylation sites (N-methyl/N-ethyl adjacent to an activating group) is 1. The van der Waals surface area contributed by atoms with Crippen LogP contribution in [-0.4, -0.2) is 40.1 Å². The van der Waals surface area contributed by atoms with Gasteiger partial charge in [-0.15, -0.1) is 11.3 Å². The molecule has 1 N–H and O–H groups in total. The van der Waals surface area contributed by atoms with E-state index in [2.05, 4.69) is 18.8 Å².